The van der Waals surface area contributed by atoms with Crippen molar-refractivity contribution in [1.82, 2.24) is 0 Å². The van der Waals surface area contributed by atoms with E-state index in [-0.39, 0.29) is 18.1 Å². The van der Waals surface area contributed by atoms with Gasteiger partial charge in [-0.25, -0.2) is 0 Å². The third-order valence-corrected chi connectivity index (χ3v) is 2.87. The van der Waals surface area contributed by atoms with Crippen molar-refractivity contribution in [3.63, 3.8) is 0 Å². The van der Waals surface area contributed by atoms with Gasteiger partial charge in [0.05, 0.1) is 0 Å². The molecule has 2 nitrogen and oxygen atoms in total. The van der Waals surface area contributed by atoms with Gasteiger partial charge in [-0.2, -0.15) is 0 Å². The molecule has 0 aliphatic carbocycles. The Labute approximate surface area is 76.2 Å². The fourth-order valence-corrected chi connectivity index (χ4v) is 1.62. The molecule has 0 bridgehead atoms. The van der Waals surface area contributed by atoms with Crippen molar-refractivity contribution in [3.05, 3.63) is 0 Å². The molecule has 0 fully saturated rings. The molecule has 2 atom stereocenters. The van der Waals surface area contributed by atoms with E-state index >= 15 is 0 Å². The average Bonchev–Trinajstić information content (AvgIpc) is 1.85. The number of hydrogen-bond acceptors (Lipinski definition) is 2. The molecule has 0 heterocycles. The fraction of sp³-hybridized carbons (Fsp3) is 1.00. The molecule has 74 valence electrons. The van der Waals surface area contributed by atoms with Gasteiger partial charge in [0, 0.05) is 12.6 Å². The first-order valence-electron chi connectivity index (χ1n) is 4.79. The van der Waals surface area contributed by atoms with E-state index in [2.05, 4.69) is 20.8 Å². The SMILES string of the molecule is CC(N)CC(C)(CCO)C(C)C. The zero-order valence-corrected chi connectivity index (χ0v) is 8.80. The summed E-state index contributed by atoms with van der Waals surface area (Å²) in [6.07, 6.45) is 1.84. The van der Waals surface area contributed by atoms with Gasteiger partial charge in [0.25, 0.3) is 0 Å². The second-order valence-corrected chi connectivity index (χ2v) is 4.46. The third-order valence-electron chi connectivity index (χ3n) is 2.87. The maximum absolute atomic E-state index is 8.92. The molecule has 12 heavy (non-hydrogen) atoms. The molecule has 2 unspecified atom stereocenters. The van der Waals surface area contributed by atoms with Crippen LogP contribution in [0.4, 0.5) is 0 Å². The highest BCUT2D eigenvalue weighted by Gasteiger charge is 2.28. The smallest absolute Gasteiger partial charge is 0.0436 e. The van der Waals surface area contributed by atoms with Crippen LogP contribution in [0.15, 0.2) is 0 Å². The maximum Gasteiger partial charge on any atom is 0.0436 e. The van der Waals surface area contributed by atoms with Gasteiger partial charge in [-0.3, -0.25) is 0 Å². The lowest BCUT2D eigenvalue weighted by Crippen LogP contribution is -2.32. The summed E-state index contributed by atoms with van der Waals surface area (Å²) >= 11 is 0. The van der Waals surface area contributed by atoms with Gasteiger partial charge in [0.1, 0.15) is 0 Å². The molecule has 0 aliphatic heterocycles. The van der Waals surface area contributed by atoms with Crippen LogP contribution < -0.4 is 5.73 Å². The van der Waals surface area contributed by atoms with Crippen molar-refractivity contribution in [1.29, 1.82) is 0 Å². The Morgan fingerprint density at radius 1 is 1.33 bits per heavy atom. The van der Waals surface area contributed by atoms with Gasteiger partial charge in [-0.15, -0.1) is 0 Å². The van der Waals surface area contributed by atoms with Crippen LogP contribution in [0.2, 0.25) is 0 Å². The van der Waals surface area contributed by atoms with Gasteiger partial charge in [0.2, 0.25) is 0 Å². The molecular formula is C10H23NO. The average molecular weight is 173 g/mol. The van der Waals surface area contributed by atoms with Crippen LogP contribution in [0.25, 0.3) is 0 Å². The van der Waals surface area contributed by atoms with Crippen LogP contribution in [0.1, 0.15) is 40.5 Å². The zero-order valence-electron chi connectivity index (χ0n) is 8.80. The second-order valence-electron chi connectivity index (χ2n) is 4.46. The Hall–Kier alpha value is -0.0800. The molecular weight excluding hydrogens is 150 g/mol. The van der Waals surface area contributed by atoms with Crippen LogP contribution in [0.5, 0.6) is 0 Å². The quantitative estimate of drug-likeness (QED) is 0.665. The van der Waals surface area contributed by atoms with E-state index in [4.69, 9.17) is 10.8 Å². The van der Waals surface area contributed by atoms with Crippen molar-refractivity contribution >= 4 is 0 Å². The van der Waals surface area contributed by atoms with Crippen LogP contribution in [-0.2, 0) is 0 Å². The lowest BCUT2D eigenvalue weighted by Gasteiger charge is -2.34. The number of aliphatic hydroxyl groups excluding tert-OH is 1. The molecule has 0 aromatic carbocycles. The Balaban J connectivity index is 4.18. The number of aliphatic hydroxyl groups is 1. The highest BCUT2D eigenvalue weighted by atomic mass is 16.3. The molecule has 0 saturated heterocycles. The first-order valence-corrected chi connectivity index (χ1v) is 4.79. The summed E-state index contributed by atoms with van der Waals surface area (Å²) in [5, 5.41) is 8.92. The summed E-state index contributed by atoms with van der Waals surface area (Å²) in [6, 6.07) is 0.226. The van der Waals surface area contributed by atoms with E-state index in [0.717, 1.165) is 12.8 Å². The van der Waals surface area contributed by atoms with Crippen molar-refractivity contribution in [3.8, 4) is 0 Å². The van der Waals surface area contributed by atoms with E-state index in [9.17, 15) is 0 Å². The van der Waals surface area contributed by atoms with E-state index < -0.39 is 0 Å². The summed E-state index contributed by atoms with van der Waals surface area (Å²) < 4.78 is 0. The van der Waals surface area contributed by atoms with Crippen molar-refractivity contribution in [2.24, 2.45) is 17.1 Å². The largest absolute Gasteiger partial charge is 0.396 e. The minimum atomic E-state index is 0.197. The predicted molar refractivity (Wildman–Crippen MR) is 52.9 cm³/mol. The minimum Gasteiger partial charge on any atom is -0.396 e. The lowest BCUT2D eigenvalue weighted by molar-refractivity contribution is 0.127. The highest BCUT2D eigenvalue weighted by molar-refractivity contribution is 4.80. The molecule has 0 amide bonds. The van der Waals surface area contributed by atoms with Crippen molar-refractivity contribution in [2.45, 2.75) is 46.6 Å². The Morgan fingerprint density at radius 2 is 1.83 bits per heavy atom. The molecule has 0 aromatic rings. The Kier molecular flexibility index (Phi) is 4.80. The molecule has 0 spiro atoms. The number of rotatable bonds is 5. The van der Waals surface area contributed by atoms with Gasteiger partial charge >= 0.3 is 0 Å². The first-order chi connectivity index (χ1) is 5.42. The van der Waals surface area contributed by atoms with E-state index in [1.54, 1.807) is 0 Å². The number of hydrogen-bond donors (Lipinski definition) is 2. The Bertz CT molecular complexity index is 123. The van der Waals surface area contributed by atoms with Gasteiger partial charge in [0.15, 0.2) is 0 Å². The van der Waals surface area contributed by atoms with Crippen LogP contribution in [0, 0.1) is 11.3 Å². The van der Waals surface area contributed by atoms with Crippen molar-refractivity contribution in [2.75, 3.05) is 6.61 Å². The van der Waals surface area contributed by atoms with E-state index in [0.29, 0.717) is 5.92 Å². The molecule has 0 aromatic heterocycles. The summed E-state index contributed by atoms with van der Waals surface area (Å²) in [4.78, 5) is 0. The van der Waals surface area contributed by atoms with Crippen molar-refractivity contribution < 1.29 is 5.11 Å². The molecule has 3 N–H and O–H groups in total. The molecule has 0 radical (unpaired) electrons. The first kappa shape index (κ1) is 11.9. The maximum atomic E-state index is 8.92. The molecule has 0 rings (SSSR count). The number of nitrogens with two attached hydrogens (primary N) is 1. The topological polar surface area (TPSA) is 46.2 Å². The van der Waals surface area contributed by atoms with Gasteiger partial charge in [-0.1, -0.05) is 20.8 Å². The summed E-state index contributed by atoms with van der Waals surface area (Å²) in [7, 11) is 0. The fourth-order valence-electron chi connectivity index (χ4n) is 1.62. The third kappa shape index (κ3) is 3.55. The standard InChI is InChI=1S/C10H23NO/c1-8(2)10(4,5-6-12)7-9(3)11/h8-9,12H,5-7,11H2,1-4H3. The molecule has 0 aliphatic rings. The molecule has 0 saturated carbocycles. The highest BCUT2D eigenvalue weighted by Crippen LogP contribution is 2.35. The van der Waals surface area contributed by atoms with E-state index in [1.165, 1.54) is 0 Å². The van der Waals surface area contributed by atoms with Crippen LogP contribution in [-0.4, -0.2) is 17.8 Å². The summed E-state index contributed by atoms with van der Waals surface area (Å²) in [5.41, 5.74) is 5.96. The normalized spacial score (nSPS) is 19.2. The lowest BCUT2D eigenvalue weighted by atomic mass is 9.72. The predicted octanol–water partition coefficient (Wildman–Crippen LogP) is 1.77. The molecule has 2 heteroatoms. The monoisotopic (exact) mass is 173 g/mol. The Morgan fingerprint density at radius 3 is 2.08 bits per heavy atom. The van der Waals surface area contributed by atoms with Crippen LogP contribution >= 0.6 is 0 Å². The summed E-state index contributed by atoms with van der Waals surface area (Å²) in [6.45, 7) is 8.88. The van der Waals surface area contributed by atoms with E-state index in [1.807, 2.05) is 6.92 Å². The zero-order chi connectivity index (χ0) is 9.78. The second kappa shape index (κ2) is 4.83. The minimum absolute atomic E-state index is 0.197. The van der Waals surface area contributed by atoms with Gasteiger partial charge in [-0.05, 0) is 31.1 Å². The summed E-state index contributed by atoms with van der Waals surface area (Å²) in [5.74, 6) is 0.579. The van der Waals surface area contributed by atoms with Crippen LogP contribution in [0.3, 0.4) is 0 Å². The van der Waals surface area contributed by atoms with Gasteiger partial charge < -0.3 is 10.8 Å².